The summed E-state index contributed by atoms with van der Waals surface area (Å²) >= 11 is 0. The first-order valence-electron chi connectivity index (χ1n) is 3.08. The fourth-order valence-corrected chi connectivity index (χ4v) is 0.800. The van der Waals surface area contributed by atoms with Gasteiger partial charge in [0.1, 0.15) is 0 Å². The number of hydrogen-bond donors (Lipinski definition) is 1. The van der Waals surface area contributed by atoms with Gasteiger partial charge in [-0.3, -0.25) is 20.2 Å². The summed E-state index contributed by atoms with van der Waals surface area (Å²) in [5.74, 6) is -2.79. The van der Waals surface area contributed by atoms with Crippen molar-refractivity contribution in [1.82, 2.24) is 0 Å². The molecule has 0 bridgehead atoms. The van der Waals surface area contributed by atoms with Crippen molar-refractivity contribution in [2.45, 2.75) is 0 Å². The van der Waals surface area contributed by atoms with Gasteiger partial charge >= 0.3 is 17.3 Å². The minimum atomic E-state index is -1.73. The van der Waals surface area contributed by atoms with Crippen molar-refractivity contribution in [3.05, 3.63) is 32.3 Å². The van der Waals surface area contributed by atoms with Crippen molar-refractivity contribution in [3.63, 3.8) is 0 Å². The van der Waals surface area contributed by atoms with Crippen molar-refractivity contribution < 1.29 is 24.2 Å². The van der Waals surface area contributed by atoms with Crippen LogP contribution in [0.15, 0.2) is 10.7 Å². The van der Waals surface area contributed by atoms with Crippen LogP contribution in [0.5, 0.6) is 0 Å². The Kier molecular flexibility index (Phi) is 2.15. The Hall–Kier alpha value is -2.45. The first-order valence-corrected chi connectivity index (χ1v) is 3.08. The van der Waals surface area contributed by atoms with Crippen molar-refractivity contribution in [2.75, 3.05) is 0 Å². The van der Waals surface area contributed by atoms with E-state index in [1.165, 1.54) is 0 Å². The maximum absolute atomic E-state index is 10.3. The SMILES string of the molecule is O=C(O)c1occ([N+](=O)[O-])c1[N+](=O)[O-]. The molecule has 74 valence electrons. The maximum atomic E-state index is 10.3. The molecule has 1 aromatic rings. The number of nitrogens with zero attached hydrogens (tertiary/aromatic N) is 2. The Bertz CT molecular complexity index is 388. The number of rotatable bonds is 3. The van der Waals surface area contributed by atoms with Crippen LogP contribution in [0, 0.1) is 20.2 Å². The molecule has 0 spiro atoms. The molecule has 0 radical (unpaired) electrons. The van der Waals surface area contributed by atoms with Gasteiger partial charge in [0.05, 0.1) is 9.85 Å². The first-order chi connectivity index (χ1) is 6.45. The smallest absolute Gasteiger partial charge is 0.399 e. The first kappa shape index (κ1) is 9.64. The van der Waals surface area contributed by atoms with E-state index in [4.69, 9.17) is 5.11 Å². The summed E-state index contributed by atoms with van der Waals surface area (Å²) in [6.07, 6.45) is 0.418. The van der Waals surface area contributed by atoms with E-state index in [0.29, 0.717) is 6.26 Å². The van der Waals surface area contributed by atoms with Gasteiger partial charge in [0, 0.05) is 0 Å². The van der Waals surface area contributed by atoms with Gasteiger partial charge in [-0.05, 0) is 0 Å². The van der Waals surface area contributed by atoms with E-state index >= 15 is 0 Å². The molecule has 0 atom stereocenters. The number of hydrogen-bond acceptors (Lipinski definition) is 6. The lowest BCUT2D eigenvalue weighted by Crippen LogP contribution is -2.01. The molecule has 9 nitrogen and oxygen atoms in total. The van der Waals surface area contributed by atoms with E-state index in [1.54, 1.807) is 0 Å². The Morgan fingerprint density at radius 1 is 1.36 bits per heavy atom. The van der Waals surface area contributed by atoms with Crippen LogP contribution in [-0.4, -0.2) is 20.9 Å². The molecule has 0 unspecified atom stereocenters. The van der Waals surface area contributed by atoms with Crippen LogP contribution in [0.1, 0.15) is 10.6 Å². The van der Waals surface area contributed by atoms with Crippen LogP contribution >= 0.6 is 0 Å². The average molecular weight is 202 g/mol. The van der Waals surface area contributed by atoms with E-state index in [2.05, 4.69) is 4.42 Å². The fraction of sp³-hybridized carbons (Fsp3) is 0. The summed E-state index contributed by atoms with van der Waals surface area (Å²) < 4.78 is 4.20. The summed E-state index contributed by atoms with van der Waals surface area (Å²) in [5, 5.41) is 28.9. The highest BCUT2D eigenvalue weighted by molar-refractivity contribution is 5.91. The van der Waals surface area contributed by atoms with Crippen LogP contribution in [0.3, 0.4) is 0 Å². The monoisotopic (exact) mass is 202 g/mol. The van der Waals surface area contributed by atoms with E-state index < -0.39 is 33.0 Å². The van der Waals surface area contributed by atoms with Crippen molar-refractivity contribution in [2.24, 2.45) is 0 Å². The predicted molar refractivity (Wildman–Crippen MR) is 39.0 cm³/mol. The molecule has 0 amide bonds. The van der Waals surface area contributed by atoms with Gasteiger partial charge in [0.15, 0.2) is 6.26 Å². The molecule has 0 aliphatic heterocycles. The minimum absolute atomic E-state index is 0.418. The molecule has 1 rings (SSSR count). The van der Waals surface area contributed by atoms with E-state index in [0.717, 1.165) is 0 Å². The molecule has 9 heteroatoms. The van der Waals surface area contributed by atoms with Crippen LogP contribution < -0.4 is 0 Å². The number of carbonyl (C=O) groups is 1. The third kappa shape index (κ3) is 1.37. The standard InChI is InChI=1S/C5H2N2O7/c8-5(9)4-3(7(12)13)2(1-14-4)6(10)11/h1H,(H,8,9). The number of nitro groups is 2. The van der Waals surface area contributed by atoms with Crippen molar-refractivity contribution in [1.29, 1.82) is 0 Å². The van der Waals surface area contributed by atoms with Crippen LogP contribution in [0.4, 0.5) is 11.4 Å². The van der Waals surface area contributed by atoms with Crippen LogP contribution in [-0.2, 0) is 0 Å². The Balaban J connectivity index is 3.42. The van der Waals surface area contributed by atoms with Crippen molar-refractivity contribution in [3.8, 4) is 0 Å². The van der Waals surface area contributed by atoms with E-state index in [1.807, 2.05) is 0 Å². The molecule has 1 aromatic heterocycles. The van der Waals surface area contributed by atoms with Crippen LogP contribution in [0.2, 0.25) is 0 Å². The highest BCUT2D eigenvalue weighted by Crippen LogP contribution is 2.32. The Morgan fingerprint density at radius 3 is 2.29 bits per heavy atom. The molecule has 0 fully saturated rings. The molecular formula is C5H2N2O7. The number of aromatic carboxylic acids is 1. The lowest BCUT2D eigenvalue weighted by atomic mass is 10.3. The maximum Gasteiger partial charge on any atom is 0.399 e. The molecule has 14 heavy (non-hydrogen) atoms. The third-order valence-electron chi connectivity index (χ3n) is 1.32. The normalized spacial score (nSPS) is 9.71. The molecule has 0 aromatic carbocycles. The largest absolute Gasteiger partial charge is 0.475 e. The molecule has 0 saturated heterocycles. The zero-order chi connectivity index (χ0) is 10.9. The lowest BCUT2D eigenvalue weighted by Gasteiger charge is -1.87. The quantitative estimate of drug-likeness (QED) is 0.564. The second kappa shape index (κ2) is 3.12. The van der Waals surface area contributed by atoms with E-state index in [9.17, 15) is 25.0 Å². The van der Waals surface area contributed by atoms with Gasteiger partial charge in [0.25, 0.3) is 5.76 Å². The summed E-state index contributed by atoms with van der Waals surface area (Å²) in [6, 6.07) is 0. The molecular weight excluding hydrogens is 200 g/mol. The van der Waals surface area contributed by atoms with E-state index in [-0.39, 0.29) is 0 Å². The zero-order valence-electron chi connectivity index (χ0n) is 6.37. The Labute approximate surface area is 74.9 Å². The highest BCUT2D eigenvalue weighted by atomic mass is 16.6. The topological polar surface area (TPSA) is 137 Å². The fourth-order valence-electron chi connectivity index (χ4n) is 0.800. The predicted octanol–water partition coefficient (Wildman–Crippen LogP) is 0.794. The Morgan fingerprint density at radius 2 is 1.93 bits per heavy atom. The molecule has 1 heterocycles. The minimum Gasteiger partial charge on any atom is -0.475 e. The number of furan rings is 1. The summed E-state index contributed by atoms with van der Waals surface area (Å²) in [6.45, 7) is 0. The van der Waals surface area contributed by atoms with Gasteiger partial charge in [0.2, 0.25) is 0 Å². The second-order valence-corrected chi connectivity index (χ2v) is 2.12. The second-order valence-electron chi connectivity index (χ2n) is 2.12. The highest BCUT2D eigenvalue weighted by Gasteiger charge is 2.36. The average Bonchev–Trinajstić information content (AvgIpc) is 2.46. The number of carboxylic acid groups (broad SMARTS) is 1. The summed E-state index contributed by atoms with van der Waals surface area (Å²) in [7, 11) is 0. The zero-order valence-corrected chi connectivity index (χ0v) is 6.37. The van der Waals surface area contributed by atoms with Gasteiger partial charge in [-0.25, -0.2) is 4.79 Å². The lowest BCUT2D eigenvalue weighted by molar-refractivity contribution is -0.421. The van der Waals surface area contributed by atoms with Crippen molar-refractivity contribution >= 4 is 17.3 Å². The molecule has 0 aliphatic rings. The molecule has 1 N–H and O–H groups in total. The van der Waals surface area contributed by atoms with Gasteiger partial charge < -0.3 is 9.52 Å². The third-order valence-corrected chi connectivity index (χ3v) is 1.32. The van der Waals surface area contributed by atoms with Gasteiger partial charge in [-0.1, -0.05) is 0 Å². The van der Waals surface area contributed by atoms with Crippen LogP contribution in [0.25, 0.3) is 0 Å². The summed E-state index contributed by atoms with van der Waals surface area (Å²) in [5.41, 5.74) is -2.13. The summed E-state index contributed by atoms with van der Waals surface area (Å²) in [4.78, 5) is 28.6. The van der Waals surface area contributed by atoms with Gasteiger partial charge in [-0.15, -0.1) is 0 Å². The number of carboxylic acids is 1. The van der Waals surface area contributed by atoms with Gasteiger partial charge in [-0.2, -0.15) is 0 Å². The molecule has 0 saturated carbocycles. The molecule has 0 aliphatic carbocycles.